The summed E-state index contributed by atoms with van der Waals surface area (Å²) < 4.78 is 0.853. The Bertz CT molecular complexity index is 584. The highest BCUT2D eigenvalue weighted by molar-refractivity contribution is 9.10. The van der Waals surface area contributed by atoms with Gasteiger partial charge in [-0.2, -0.15) is 0 Å². The van der Waals surface area contributed by atoms with Crippen molar-refractivity contribution in [1.29, 1.82) is 0 Å². The number of nitrogens with two attached hydrogens (primary N) is 1. The minimum Gasteiger partial charge on any atom is -0.508 e. The minimum atomic E-state index is -0.395. The molecule has 4 heteroatoms. The van der Waals surface area contributed by atoms with Gasteiger partial charge >= 0.3 is 0 Å². The highest BCUT2D eigenvalue weighted by Gasteiger charge is 2.20. The number of amides is 1. The van der Waals surface area contributed by atoms with Crippen LogP contribution < -0.4 is 5.73 Å². The number of carbonyl (C=O) groups is 1. The molecule has 19 heavy (non-hydrogen) atoms. The number of phenols is 1. The van der Waals surface area contributed by atoms with Gasteiger partial charge in [-0.15, -0.1) is 0 Å². The molecule has 1 atom stereocenters. The summed E-state index contributed by atoms with van der Waals surface area (Å²) in [6, 6.07) is 14.7. The topological polar surface area (TPSA) is 63.3 Å². The van der Waals surface area contributed by atoms with Crippen molar-refractivity contribution in [3.05, 3.63) is 64.1 Å². The predicted octanol–water partition coefficient (Wildman–Crippen LogP) is 3.16. The maximum Gasteiger partial charge on any atom is 0.218 e. The number of carbonyl (C=O) groups excluding carboxylic acids is 1. The van der Waals surface area contributed by atoms with Gasteiger partial charge in [0.2, 0.25) is 5.91 Å². The van der Waals surface area contributed by atoms with Gasteiger partial charge in [0, 0.05) is 22.4 Å². The number of halogens is 1. The fourth-order valence-electron chi connectivity index (χ4n) is 2.10. The molecule has 98 valence electrons. The third-order valence-corrected chi connectivity index (χ3v) is 3.47. The third-order valence-electron chi connectivity index (χ3n) is 2.97. The fourth-order valence-corrected chi connectivity index (χ4v) is 2.48. The van der Waals surface area contributed by atoms with Gasteiger partial charge in [0.15, 0.2) is 0 Å². The van der Waals surface area contributed by atoms with E-state index in [1.165, 1.54) is 0 Å². The van der Waals surface area contributed by atoms with Crippen LogP contribution in [0.4, 0.5) is 0 Å². The van der Waals surface area contributed by atoms with Crippen molar-refractivity contribution in [2.24, 2.45) is 5.73 Å². The molecule has 3 N–H and O–H groups in total. The Kier molecular flexibility index (Phi) is 4.22. The fraction of sp³-hybridized carbons (Fsp3) is 0.133. The minimum absolute atomic E-state index is 0.161. The van der Waals surface area contributed by atoms with E-state index in [1.54, 1.807) is 12.1 Å². The molecule has 2 aromatic rings. The molecule has 2 aromatic carbocycles. The van der Waals surface area contributed by atoms with Crippen LogP contribution in [0.3, 0.4) is 0 Å². The molecule has 0 spiro atoms. The second-order valence-electron chi connectivity index (χ2n) is 4.34. The number of benzene rings is 2. The Hall–Kier alpha value is -1.81. The SMILES string of the molecule is NC(=O)CC(c1ccccc1)c1cc(Br)ccc1O. The van der Waals surface area contributed by atoms with Gasteiger partial charge in [0.1, 0.15) is 5.75 Å². The van der Waals surface area contributed by atoms with E-state index in [1.807, 2.05) is 36.4 Å². The number of hydrogen-bond donors (Lipinski definition) is 2. The number of aromatic hydroxyl groups is 1. The van der Waals surface area contributed by atoms with Crippen LogP contribution in [0.5, 0.6) is 5.75 Å². The van der Waals surface area contributed by atoms with Crippen LogP contribution in [0.2, 0.25) is 0 Å². The van der Waals surface area contributed by atoms with Crippen LogP contribution in [0.1, 0.15) is 23.5 Å². The van der Waals surface area contributed by atoms with E-state index in [9.17, 15) is 9.90 Å². The van der Waals surface area contributed by atoms with Crippen molar-refractivity contribution in [1.82, 2.24) is 0 Å². The Labute approximate surface area is 120 Å². The quantitative estimate of drug-likeness (QED) is 0.909. The lowest BCUT2D eigenvalue weighted by molar-refractivity contribution is -0.118. The molecule has 0 heterocycles. The Balaban J connectivity index is 2.48. The zero-order chi connectivity index (χ0) is 13.8. The standard InChI is InChI=1S/C15H14BrNO2/c16-11-6-7-14(18)13(8-11)12(9-15(17)19)10-4-2-1-3-5-10/h1-8,12,18H,9H2,(H2,17,19). The van der Waals surface area contributed by atoms with Gasteiger partial charge < -0.3 is 10.8 Å². The van der Waals surface area contributed by atoms with Crippen LogP contribution in [-0.4, -0.2) is 11.0 Å². The van der Waals surface area contributed by atoms with Crippen LogP contribution >= 0.6 is 15.9 Å². The molecule has 3 nitrogen and oxygen atoms in total. The second-order valence-corrected chi connectivity index (χ2v) is 5.25. The van der Waals surface area contributed by atoms with Crippen molar-refractivity contribution in [2.75, 3.05) is 0 Å². The summed E-state index contributed by atoms with van der Waals surface area (Å²) in [6.45, 7) is 0. The Morgan fingerprint density at radius 2 is 1.89 bits per heavy atom. The average Bonchev–Trinajstić information content (AvgIpc) is 2.40. The van der Waals surface area contributed by atoms with E-state index in [0.29, 0.717) is 5.56 Å². The molecule has 0 saturated carbocycles. The zero-order valence-corrected chi connectivity index (χ0v) is 11.8. The van der Waals surface area contributed by atoms with Gasteiger partial charge in [0.05, 0.1) is 0 Å². The van der Waals surface area contributed by atoms with Gasteiger partial charge in [-0.05, 0) is 23.8 Å². The Morgan fingerprint density at radius 3 is 2.53 bits per heavy atom. The van der Waals surface area contributed by atoms with Gasteiger partial charge in [0.25, 0.3) is 0 Å². The first-order valence-corrected chi connectivity index (χ1v) is 6.69. The van der Waals surface area contributed by atoms with E-state index in [0.717, 1.165) is 10.0 Å². The van der Waals surface area contributed by atoms with Gasteiger partial charge in [-0.25, -0.2) is 0 Å². The van der Waals surface area contributed by atoms with Crippen LogP contribution in [0, 0.1) is 0 Å². The highest BCUT2D eigenvalue weighted by Crippen LogP contribution is 2.35. The number of rotatable bonds is 4. The van der Waals surface area contributed by atoms with E-state index in [2.05, 4.69) is 15.9 Å². The summed E-state index contributed by atoms with van der Waals surface area (Å²) in [5.41, 5.74) is 6.97. The predicted molar refractivity (Wildman–Crippen MR) is 77.9 cm³/mol. The largest absolute Gasteiger partial charge is 0.508 e. The summed E-state index contributed by atoms with van der Waals surface area (Å²) in [6.07, 6.45) is 0.161. The lowest BCUT2D eigenvalue weighted by Gasteiger charge is -2.18. The van der Waals surface area contributed by atoms with Crippen molar-refractivity contribution < 1.29 is 9.90 Å². The summed E-state index contributed by atoms with van der Waals surface area (Å²) in [5, 5.41) is 10.0. The molecule has 1 amide bonds. The monoisotopic (exact) mass is 319 g/mol. The molecule has 0 fully saturated rings. The maximum atomic E-state index is 11.3. The van der Waals surface area contributed by atoms with Crippen molar-refractivity contribution in [3.8, 4) is 5.75 Å². The van der Waals surface area contributed by atoms with Crippen molar-refractivity contribution in [3.63, 3.8) is 0 Å². The first-order chi connectivity index (χ1) is 9.08. The molecule has 0 bridgehead atoms. The molecule has 0 aromatic heterocycles. The summed E-state index contributed by atoms with van der Waals surface area (Å²) >= 11 is 3.38. The zero-order valence-electron chi connectivity index (χ0n) is 10.2. The van der Waals surface area contributed by atoms with E-state index < -0.39 is 5.91 Å². The van der Waals surface area contributed by atoms with Crippen molar-refractivity contribution >= 4 is 21.8 Å². The molecule has 1 unspecified atom stereocenters. The summed E-state index contributed by atoms with van der Waals surface area (Å²) in [5.74, 6) is -0.470. The molecule has 2 rings (SSSR count). The second kappa shape index (κ2) is 5.89. The lowest BCUT2D eigenvalue weighted by Crippen LogP contribution is -2.16. The first kappa shape index (κ1) is 13.6. The third kappa shape index (κ3) is 3.35. The molecule has 0 aliphatic carbocycles. The summed E-state index contributed by atoms with van der Waals surface area (Å²) in [7, 11) is 0. The first-order valence-electron chi connectivity index (χ1n) is 5.89. The maximum absolute atomic E-state index is 11.3. The van der Waals surface area contributed by atoms with Gasteiger partial charge in [-0.1, -0.05) is 46.3 Å². The van der Waals surface area contributed by atoms with Crippen LogP contribution in [-0.2, 0) is 4.79 Å². The molecule has 0 radical (unpaired) electrons. The smallest absolute Gasteiger partial charge is 0.218 e. The van der Waals surface area contributed by atoms with Crippen LogP contribution in [0.25, 0.3) is 0 Å². The van der Waals surface area contributed by atoms with Crippen molar-refractivity contribution in [2.45, 2.75) is 12.3 Å². The van der Waals surface area contributed by atoms with Crippen LogP contribution in [0.15, 0.2) is 53.0 Å². The Morgan fingerprint density at radius 1 is 1.21 bits per heavy atom. The molecular weight excluding hydrogens is 306 g/mol. The normalized spacial score (nSPS) is 12.1. The average molecular weight is 320 g/mol. The number of hydrogen-bond acceptors (Lipinski definition) is 2. The van der Waals surface area contributed by atoms with Gasteiger partial charge in [-0.3, -0.25) is 4.79 Å². The molecular formula is C15H14BrNO2. The summed E-state index contributed by atoms with van der Waals surface area (Å²) in [4.78, 5) is 11.3. The van der Waals surface area contributed by atoms with E-state index in [-0.39, 0.29) is 18.1 Å². The lowest BCUT2D eigenvalue weighted by atomic mass is 9.88. The molecule has 0 saturated heterocycles. The molecule has 0 aliphatic heterocycles. The molecule has 0 aliphatic rings. The highest BCUT2D eigenvalue weighted by atomic mass is 79.9. The number of primary amides is 1. The van der Waals surface area contributed by atoms with E-state index in [4.69, 9.17) is 5.73 Å². The number of phenolic OH excluding ortho intramolecular Hbond substituents is 1. The van der Waals surface area contributed by atoms with E-state index >= 15 is 0 Å².